The number of benzene rings is 2. The second-order valence-corrected chi connectivity index (χ2v) is 7.77. The number of nitrogens with one attached hydrogen (secondary N) is 1. The zero-order valence-corrected chi connectivity index (χ0v) is 17.0. The molecule has 0 aliphatic rings. The van der Waals surface area contributed by atoms with Gasteiger partial charge in [-0.15, -0.1) is 0 Å². The molecule has 6 nitrogen and oxygen atoms in total. The number of hydrogen-bond acceptors (Lipinski definition) is 5. The van der Waals surface area contributed by atoms with Gasteiger partial charge in [0.05, 0.1) is 11.6 Å². The third kappa shape index (κ3) is 7.79. The maximum Gasteiger partial charge on any atom is 0.407 e. The number of hydrogen-bond donors (Lipinski definition) is 2. The highest BCUT2D eigenvalue weighted by Gasteiger charge is 2.26. The molecule has 0 aliphatic carbocycles. The summed E-state index contributed by atoms with van der Waals surface area (Å²) in [6.07, 6.45) is -2.29. The van der Waals surface area contributed by atoms with Crippen LogP contribution >= 0.6 is 0 Å². The highest BCUT2D eigenvalue weighted by atomic mass is 19.1. The van der Waals surface area contributed by atoms with E-state index in [0.717, 1.165) is 18.2 Å². The molecule has 2 atom stereocenters. The van der Waals surface area contributed by atoms with Gasteiger partial charge >= 0.3 is 12.1 Å². The lowest BCUT2D eigenvalue weighted by molar-refractivity contribution is 0.0107. The lowest BCUT2D eigenvalue weighted by Gasteiger charge is -2.26. The molecule has 0 radical (unpaired) electrons. The highest BCUT2D eigenvalue weighted by Crippen LogP contribution is 2.14. The number of halogens is 2. The molecule has 0 fully saturated rings. The molecular formula is C22H25F2NO5. The van der Waals surface area contributed by atoms with Crippen LogP contribution in [0.5, 0.6) is 0 Å². The average Bonchev–Trinajstić information content (AvgIpc) is 2.63. The van der Waals surface area contributed by atoms with E-state index in [1.807, 2.05) is 0 Å². The molecule has 1 amide bonds. The van der Waals surface area contributed by atoms with Gasteiger partial charge in [-0.1, -0.05) is 18.2 Å². The minimum atomic E-state index is -1.35. The van der Waals surface area contributed by atoms with Crippen molar-refractivity contribution in [1.29, 1.82) is 0 Å². The number of amides is 1. The van der Waals surface area contributed by atoms with Crippen molar-refractivity contribution in [3.63, 3.8) is 0 Å². The highest BCUT2D eigenvalue weighted by molar-refractivity contribution is 5.89. The fourth-order valence-electron chi connectivity index (χ4n) is 2.66. The van der Waals surface area contributed by atoms with E-state index in [0.29, 0.717) is 5.56 Å². The van der Waals surface area contributed by atoms with Crippen molar-refractivity contribution in [3.8, 4) is 0 Å². The molecule has 0 aromatic heterocycles. The molecule has 2 aromatic rings. The van der Waals surface area contributed by atoms with E-state index >= 15 is 0 Å². The van der Waals surface area contributed by atoms with Crippen molar-refractivity contribution in [2.75, 3.05) is 6.61 Å². The molecule has 0 unspecified atom stereocenters. The summed E-state index contributed by atoms with van der Waals surface area (Å²) in [6.45, 7) is 4.57. The second-order valence-electron chi connectivity index (χ2n) is 7.77. The monoisotopic (exact) mass is 421 g/mol. The molecule has 0 bridgehead atoms. The minimum absolute atomic E-state index is 0.113. The van der Waals surface area contributed by atoms with Gasteiger partial charge in [0.2, 0.25) is 0 Å². The second kappa shape index (κ2) is 10.2. The largest absolute Gasteiger partial charge is 0.459 e. The Morgan fingerprint density at radius 1 is 1.07 bits per heavy atom. The average molecular weight is 421 g/mol. The van der Waals surface area contributed by atoms with E-state index in [9.17, 15) is 23.5 Å². The van der Waals surface area contributed by atoms with Crippen LogP contribution in [-0.4, -0.2) is 41.5 Å². The number of carbonyl (C=O) groups is 2. The Hall–Kier alpha value is -3.00. The number of esters is 1. The Labute approximate surface area is 173 Å². The van der Waals surface area contributed by atoms with Gasteiger partial charge < -0.3 is 19.9 Å². The Kier molecular flexibility index (Phi) is 7.88. The molecule has 0 saturated heterocycles. The van der Waals surface area contributed by atoms with Gasteiger partial charge in [0.15, 0.2) is 0 Å². The molecule has 0 spiro atoms. The fraction of sp³-hybridized carbons (Fsp3) is 0.364. The number of alkyl carbamates (subject to hydrolysis) is 1. The van der Waals surface area contributed by atoms with Crippen LogP contribution in [0.25, 0.3) is 0 Å². The van der Waals surface area contributed by atoms with Gasteiger partial charge in [0.25, 0.3) is 0 Å². The smallest absolute Gasteiger partial charge is 0.407 e. The van der Waals surface area contributed by atoms with Crippen LogP contribution in [0.1, 0.15) is 36.7 Å². The molecule has 0 saturated carbocycles. The first kappa shape index (κ1) is 23.3. The first-order chi connectivity index (χ1) is 14.0. The molecule has 2 rings (SSSR count). The van der Waals surface area contributed by atoms with Crippen molar-refractivity contribution in [1.82, 2.24) is 5.32 Å². The lowest BCUT2D eigenvalue weighted by Crippen LogP contribution is -2.48. The van der Waals surface area contributed by atoms with E-state index in [1.54, 1.807) is 51.1 Å². The molecule has 8 heteroatoms. The molecule has 0 heterocycles. The lowest BCUT2D eigenvalue weighted by atomic mass is 10.0. The Bertz CT molecular complexity index is 847. The summed E-state index contributed by atoms with van der Waals surface area (Å²) >= 11 is 0. The fourth-order valence-corrected chi connectivity index (χ4v) is 2.66. The van der Waals surface area contributed by atoms with Crippen LogP contribution < -0.4 is 5.32 Å². The van der Waals surface area contributed by atoms with Gasteiger partial charge in [-0.3, -0.25) is 0 Å². The third-order valence-corrected chi connectivity index (χ3v) is 3.94. The number of carbonyl (C=O) groups excluding carboxylic acids is 2. The zero-order valence-electron chi connectivity index (χ0n) is 17.0. The van der Waals surface area contributed by atoms with Crippen LogP contribution in [0.2, 0.25) is 0 Å². The number of rotatable bonds is 7. The quantitative estimate of drug-likeness (QED) is 0.667. The summed E-state index contributed by atoms with van der Waals surface area (Å²) in [7, 11) is 0. The topological polar surface area (TPSA) is 84.9 Å². The van der Waals surface area contributed by atoms with E-state index in [-0.39, 0.29) is 12.0 Å². The van der Waals surface area contributed by atoms with Crippen LogP contribution in [0, 0.1) is 11.6 Å². The van der Waals surface area contributed by atoms with Crippen LogP contribution in [0.4, 0.5) is 13.6 Å². The van der Waals surface area contributed by atoms with Crippen LogP contribution in [0.15, 0.2) is 48.5 Å². The maximum absolute atomic E-state index is 13.5. The molecule has 2 aromatic carbocycles. The van der Waals surface area contributed by atoms with E-state index in [2.05, 4.69) is 5.32 Å². The standard InChI is InChI=1S/C22H25F2NO5/c1-22(2,3)30-21(28)25-18(11-14-9-16(23)12-17(24)10-14)19(26)13-29-20(27)15-7-5-4-6-8-15/h4-10,12,18-19,26H,11,13H2,1-3H3,(H,25,28)/t18-,19+/m0/s1. The van der Waals surface area contributed by atoms with Gasteiger partial charge in [0.1, 0.15) is 29.9 Å². The summed E-state index contributed by atoms with van der Waals surface area (Å²) < 4.78 is 37.3. The van der Waals surface area contributed by atoms with E-state index in [1.165, 1.54) is 0 Å². The third-order valence-electron chi connectivity index (χ3n) is 3.94. The first-order valence-electron chi connectivity index (χ1n) is 9.38. The summed E-state index contributed by atoms with van der Waals surface area (Å²) in [5.41, 5.74) is -0.278. The molecule has 30 heavy (non-hydrogen) atoms. The Balaban J connectivity index is 2.10. The van der Waals surface area contributed by atoms with E-state index < -0.39 is 48.1 Å². The summed E-state index contributed by atoms with van der Waals surface area (Å²) in [5, 5.41) is 13.0. The van der Waals surface area contributed by atoms with Crippen molar-refractivity contribution >= 4 is 12.1 Å². The SMILES string of the molecule is CC(C)(C)OC(=O)N[C@@H](Cc1cc(F)cc(F)c1)[C@H](O)COC(=O)c1ccccc1. The predicted molar refractivity (Wildman–Crippen MR) is 106 cm³/mol. The predicted octanol–water partition coefficient (Wildman–Crippen LogP) is 3.62. The summed E-state index contributed by atoms with van der Waals surface area (Å²) in [6, 6.07) is 10.1. The summed E-state index contributed by atoms with van der Waals surface area (Å²) in [5.74, 6) is -2.22. The number of aliphatic hydroxyl groups excluding tert-OH is 1. The first-order valence-corrected chi connectivity index (χ1v) is 9.38. The van der Waals surface area contributed by atoms with Gasteiger partial charge in [-0.05, 0) is 57.0 Å². The van der Waals surface area contributed by atoms with Crippen molar-refractivity contribution in [3.05, 3.63) is 71.3 Å². The molecule has 0 aliphatic heterocycles. The van der Waals surface area contributed by atoms with Crippen molar-refractivity contribution < 1.29 is 33.0 Å². The zero-order chi connectivity index (χ0) is 22.3. The van der Waals surface area contributed by atoms with Gasteiger partial charge in [-0.2, -0.15) is 0 Å². The normalized spacial score (nSPS) is 13.3. The van der Waals surface area contributed by atoms with Crippen LogP contribution in [0.3, 0.4) is 0 Å². The molecular weight excluding hydrogens is 396 g/mol. The molecule has 2 N–H and O–H groups in total. The van der Waals surface area contributed by atoms with Crippen molar-refractivity contribution in [2.24, 2.45) is 0 Å². The number of aliphatic hydroxyl groups is 1. The number of ether oxygens (including phenoxy) is 2. The summed E-state index contributed by atoms with van der Waals surface area (Å²) in [4.78, 5) is 24.2. The minimum Gasteiger partial charge on any atom is -0.459 e. The Morgan fingerprint density at radius 2 is 1.67 bits per heavy atom. The van der Waals surface area contributed by atoms with Crippen molar-refractivity contribution in [2.45, 2.75) is 44.9 Å². The van der Waals surface area contributed by atoms with Gasteiger partial charge in [0, 0.05) is 6.07 Å². The maximum atomic E-state index is 13.5. The van der Waals surface area contributed by atoms with E-state index in [4.69, 9.17) is 9.47 Å². The van der Waals surface area contributed by atoms with Gasteiger partial charge in [-0.25, -0.2) is 18.4 Å². The molecule has 162 valence electrons. The van der Waals surface area contributed by atoms with Crippen LogP contribution in [-0.2, 0) is 15.9 Å². The Morgan fingerprint density at radius 3 is 2.23 bits per heavy atom.